The molecule has 0 amide bonds. The van der Waals surface area contributed by atoms with E-state index in [1.807, 2.05) is 44.2 Å². The minimum Gasteiger partial charge on any atom is -0.487 e. The second-order valence-electron chi connectivity index (χ2n) is 5.20. The van der Waals surface area contributed by atoms with Crippen LogP contribution >= 0.6 is 11.6 Å². The summed E-state index contributed by atoms with van der Waals surface area (Å²) in [6.07, 6.45) is 0. The molecule has 3 rings (SSSR count). The number of nitrogens with zero attached hydrogens (tertiary/aromatic N) is 3. The topological polar surface area (TPSA) is 72.8 Å². The van der Waals surface area contributed by atoms with Crippen LogP contribution in [0.25, 0.3) is 5.69 Å². The largest absolute Gasteiger partial charge is 0.487 e. The van der Waals surface area contributed by atoms with Crippen LogP contribution in [0.2, 0.25) is 5.02 Å². The van der Waals surface area contributed by atoms with Crippen LogP contribution in [0.4, 0.5) is 0 Å². The molecule has 0 saturated carbocycles. The molecule has 118 valence electrons. The van der Waals surface area contributed by atoms with Crippen LogP contribution in [0.15, 0.2) is 41.2 Å². The second-order valence-corrected chi connectivity index (χ2v) is 5.61. The summed E-state index contributed by atoms with van der Waals surface area (Å²) in [5, 5.41) is 10.1. The third-order valence-electron chi connectivity index (χ3n) is 3.62. The number of para-hydroxylation sites is 1. The van der Waals surface area contributed by atoms with Crippen molar-refractivity contribution in [1.29, 1.82) is 0 Å². The van der Waals surface area contributed by atoms with Gasteiger partial charge in [-0.3, -0.25) is 0 Å². The van der Waals surface area contributed by atoms with Gasteiger partial charge in [-0.1, -0.05) is 29.8 Å². The Bertz CT molecular complexity index is 901. The molecular formula is C16H15ClN4O2. The first-order chi connectivity index (χ1) is 11.1. The van der Waals surface area contributed by atoms with Crippen LogP contribution < -0.4 is 10.4 Å². The van der Waals surface area contributed by atoms with Gasteiger partial charge < -0.3 is 4.74 Å². The summed E-state index contributed by atoms with van der Waals surface area (Å²) in [4.78, 5) is 11.7. The number of benzene rings is 2. The smallest absolute Gasteiger partial charge is 0.365 e. The number of ether oxygens (including phenoxy) is 1. The van der Waals surface area contributed by atoms with E-state index in [2.05, 4.69) is 15.5 Å². The molecule has 0 radical (unpaired) electrons. The Morgan fingerprint density at radius 1 is 1.22 bits per heavy atom. The number of aryl methyl sites for hydroxylation is 2. The fraction of sp³-hybridized carbons (Fsp3) is 0.188. The van der Waals surface area contributed by atoms with Crippen molar-refractivity contribution in [3.8, 4) is 11.4 Å². The summed E-state index contributed by atoms with van der Waals surface area (Å²) in [5.41, 5.74) is 3.23. The molecule has 1 aromatic heterocycles. The molecule has 0 saturated heterocycles. The van der Waals surface area contributed by atoms with Crippen LogP contribution in [-0.4, -0.2) is 20.2 Å². The highest BCUT2D eigenvalue weighted by atomic mass is 35.5. The number of halogens is 1. The summed E-state index contributed by atoms with van der Waals surface area (Å²) in [5.74, 6) is 0.608. The van der Waals surface area contributed by atoms with Crippen molar-refractivity contribution in [3.05, 3.63) is 68.6 Å². The number of rotatable bonds is 4. The van der Waals surface area contributed by atoms with E-state index < -0.39 is 5.69 Å². The molecule has 6 nitrogen and oxygen atoms in total. The van der Waals surface area contributed by atoms with E-state index in [1.54, 1.807) is 6.07 Å². The highest BCUT2D eigenvalue weighted by Gasteiger charge is 2.10. The fourth-order valence-corrected chi connectivity index (χ4v) is 2.49. The number of nitrogens with one attached hydrogen (secondary N) is 1. The molecule has 0 spiro atoms. The van der Waals surface area contributed by atoms with Crippen LogP contribution in [0, 0.1) is 13.8 Å². The minimum atomic E-state index is -0.401. The van der Waals surface area contributed by atoms with Crippen LogP contribution in [0.1, 0.15) is 16.7 Å². The van der Waals surface area contributed by atoms with Gasteiger partial charge in [0.15, 0.2) is 0 Å². The highest BCUT2D eigenvalue weighted by molar-refractivity contribution is 6.32. The molecule has 0 aliphatic heterocycles. The molecule has 7 heteroatoms. The lowest BCUT2D eigenvalue weighted by Gasteiger charge is -2.12. The molecule has 23 heavy (non-hydrogen) atoms. The summed E-state index contributed by atoms with van der Waals surface area (Å²) < 4.78 is 7.03. The molecular weight excluding hydrogens is 316 g/mol. The lowest BCUT2D eigenvalue weighted by atomic mass is 10.1. The number of aromatic nitrogens is 4. The van der Waals surface area contributed by atoms with Crippen molar-refractivity contribution in [3.63, 3.8) is 0 Å². The fourth-order valence-electron chi connectivity index (χ4n) is 2.22. The molecule has 0 atom stereocenters. The van der Waals surface area contributed by atoms with Gasteiger partial charge in [0.25, 0.3) is 0 Å². The Morgan fingerprint density at radius 3 is 2.70 bits per heavy atom. The number of hydrogen-bond acceptors (Lipinski definition) is 4. The SMILES string of the molecule is Cc1cc(Cl)c(OCc2ccccc2-n2nn[nH]c2=O)cc1C. The monoisotopic (exact) mass is 330 g/mol. The van der Waals surface area contributed by atoms with E-state index in [-0.39, 0.29) is 6.61 Å². The predicted octanol–water partition coefficient (Wildman–Crippen LogP) is 2.80. The Labute approximate surface area is 137 Å². The Hall–Kier alpha value is -2.60. The van der Waals surface area contributed by atoms with Crippen LogP contribution in [0.5, 0.6) is 5.75 Å². The van der Waals surface area contributed by atoms with E-state index in [4.69, 9.17) is 16.3 Å². The third-order valence-corrected chi connectivity index (χ3v) is 3.92. The zero-order valence-electron chi connectivity index (χ0n) is 12.7. The lowest BCUT2D eigenvalue weighted by molar-refractivity contribution is 0.305. The van der Waals surface area contributed by atoms with E-state index >= 15 is 0 Å². The lowest BCUT2D eigenvalue weighted by Crippen LogP contribution is -2.18. The van der Waals surface area contributed by atoms with Gasteiger partial charge in [-0.05, 0) is 53.6 Å². The average molecular weight is 331 g/mol. The summed E-state index contributed by atoms with van der Waals surface area (Å²) in [7, 11) is 0. The number of H-pyrrole nitrogens is 1. The van der Waals surface area contributed by atoms with Gasteiger partial charge in [-0.2, -0.15) is 4.68 Å². The normalized spacial score (nSPS) is 10.7. The first-order valence-electron chi connectivity index (χ1n) is 7.04. The maximum Gasteiger partial charge on any atom is 0.365 e. The van der Waals surface area contributed by atoms with Gasteiger partial charge >= 0.3 is 5.69 Å². The van der Waals surface area contributed by atoms with E-state index in [0.717, 1.165) is 16.7 Å². The average Bonchev–Trinajstić information content (AvgIpc) is 2.96. The highest BCUT2D eigenvalue weighted by Crippen LogP contribution is 2.29. The van der Waals surface area contributed by atoms with Gasteiger partial charge in [-0.15, -0.1) is 0 Å². The second kappa shape index (κ2) is 6.26. The first-order valence-corrected chi connectivity index (χ1v) is 7.42. The Kier molecular flexibility index (Phi) is 4.16. The summed E-state index contributed by atoms with van der Waals surface area (Å²) in [6, 6.07) is 11.1. The van der Waals surface area contributed by atoms with Gasteiger partial charge in [0, 0.05) is 5.56 Å². The summed E-state index contributed by atoms with van der Waals surface area (Å²) in [6.45, 7) is 4.26. The van der Waals surface area contributed by atoms with E-state index in [9.17, 15) is 4.79 Å². The predicted molar refractivity (Wildman–Crippen MR) is 87.2 cm³/mol. The first kappa shape index (κ1) is 15.3. The van der Waals surface area contributed by atoms with E-state index in [1.165, 1.54) is 4.68 Å². The van der Waals surface area contributed by atoms with Crippen molar-refractivity contribution in [1.82, 2.24) is 20.2 Å². The number of hydrogen-bond donors (Lipinski definition) is 1. The third kappa shape index (κ3) is 3.12. The molecule has 3 aromatic rings. The van der Waals surface area contributed by atoms with Crippen molar-refractivity contribution in [2.24, 2.45) is 0 Å². The molecule has 0 aliphatic rings. The molecule has 0 fully saturated rings. The molecule has 0 unspecified atom stereocenters. The van der Waals surface area contributed by atoms with Gasteiger partial charge in [0.05, 0.1) is 10.7 Å². The molecule has 2 aromatic carbocycles. The molecule has 1 heterocycles. The van der Waals surface area contributed by atoms with Gasteiger partial charge in [-0.25, -0.2) is 9.89 Å². The van der Waals surface area contributed by atoms with Crippen molar-refractivity contribution in [2.45, 2.75) is 20.5 Å². The van der Waals surface area contributed by atoms with Gasteiger partial charge in [0.1, 0.15) is 12.4 Å². The zero-order valence-corrected chi connectivity index (χ0v) is 13.5. The van der Waals surface area contributed by atoms with Crippen LogP contribution in [0.3, 0.4) is 0 Å². The molecule has 0 bridgehead atoms. The van der Waals surface area contributed by atoms with E-state index in [0.29, 0.717) is 16.5 Å². The summed E-state index contributed by atoms with van der Waals surface area (Å²) >= 11 is 6.22. The maximum atomic E-state index is 11.7. The minimum absolute atomic E-state index is 0.262. The molecule has 0 aliphatic carbocycles. The zero-order chi connectivity index (χ0) is 16.4. The maximum absolute atomic E-state index is 11.7. The van der Waals surface area contributed by atoms with Crippen molar-refractivity contribution in [2.75, 3.05) is 0 Å². The van der Waals surface area contributed by atoms with Crippen molar-refractivity contribution < 1.29 is 4.74 Å². The van der Waals surface area contributed by atoms with Crippen LogP contribution in [-0.2, 0) is 6.61 Å². The molecule has 1 N–H and O–H groups in total. The standard InChI is InChI=1S/C16H15ClN4O2/c1-10-7-13(17)15(8-11(10)2)23-9-12-5-3-4-6-14(12)21-16(22)18-19-20-21/h3-8H,9H2,1-2H3,(H,18,20,22). The number of tetrazole rings is 1. The Morgan fingerprint density at radius 2 is 1.96 bits per heavy atom. The van der Waals surface area contributed by atoms with Crippen molar-refractivity contribution >= 4 is 11.6 Å². The number of aromatic amines is 1. The van der Waals surface area contributed by atoms with Gasteiger partial charge in [0.2, 0.25) is 0 Å². The Balaban J connectivity index is 1.89. The quantitative estimate of drug-likeness (QED) is 0.798.